The van der Waals surface area contributed by atoms with Gasteiger partial charge in [0, 0.05) is 18.8 Å². The Balaban J connectivity index is 1.91. The van der Waals surface area contributed by atoms with Crippen molar-refractivity contribution >= 4 is 21.6 Å². The van der Waals surface area contributed by atoms with Crippen LogP contribution in [0.3, 0.4) is 0 Å². The van der Waals surface area contributed by atoms with Crippen molar-refractivity contribution in [3.05, 3.63) is 83.7 Å². The highest BCUT2D eigenvalue weighted by atomic mass is 32.2. The van der Waals surface area contributed by atoms with E-state index in [4.69, 9.17) is 4.74 Å². The van der Waals surface area contributed by atoms with Gasteiger partial charge in [0.25, 0.3) is 15.9 Å². The number of nitrogens with zero attached hydrogens (tertiary/aromatic N) is 2. The van der Waals surface area contributed by atoms with Crippen molar-refractivity contribution in [1.82, 2.24) is 10.3 Å². The van der Waals surface area contributed by atoms with Crippen LogP contribution < -0.4 is 14.4 Å². The number of rotatable bonds is 7. The van der Waals surface area contributed by atoms with Gasteiger partial charge in [-0.1, -0.05) is 24.3 Å². The first-order valence-electron chi connectivity index (χ1n) is 9.70. The Hall–Kier alpha value is -3.39. The van der Waals surface area contributed by atoms with Gasteiger partial charge in [-0.25, -0.2) is 8.42 Å². The molecule has 0 radical (unpaired) electrons. The molecule has 0 saturated heterocycles. The second kappa shape index (κ2) is 9.18. The number of hydrogen-bond acceptors (Lipinski definition) is 5. The van der Waals surface area contributed by atoms with Crippen LogP contribution in [-0.4, -0.2) is 33.5 Å². The molecular weight excluding hydrogens is 414 g/mol. The van der Waals surface area contributed by atoms with Gasteiger partial charge in [-0.15, -0.1) is 0 Å². The lowest BCUT2D eigenvalue weighted by molar-refractivity contribution is 0.0938. The number of benzene rings is 2. The van der Waals surface area contributed by atoms with Crippen molar-refractivity contribution in [1.29, 1.82) is 0 Å². The first-order chi connectivity index (χ1) is 14.8. The summed E-state index contributed by atoms with van der Waals surface area (Å²) < 4.78 is 33.0. The highest BCUT2D eigenvalue weighted by Crippen LogP contribution is 2.31. The predicted molar refractivity (Wildman–Crippen MR) is 120 cm³/mol. The molecule has 1 N–H and O–H groups in total. The number of aryl methyl sites for hydroxylation is 1. The van der Waals surface area contributed by atoms with E-state index in [1.165, 1.54) is 26.3 Å². The fraction of sp³-hybridized carbons (Fsp3) is 0.217. The van der Waals surface area contributed by atoms with E-state index in [0.29, 0.717) is 22.7 Å². The fourth-order valence-electron chi connectivity index (χ4n) is 3.16. The average Bonchev–Trinajstić information content (AvgIpc) is 2.79. The van der Waals surface area contributed by atoms with Crippen molar-refractivity contribution in [2.75, 3.05) is 18.5 Å². The van der Waals surface area contributed by atoms with Gasteiger partial charge >= 0.3 is 0 Å². The number of nitrogens with one attached hydrogen (secondary N) is 1. The number of anilines is 1. The molecule has 8 heteroatoms. The third-order valence-electron chi connectivity index (χ3n) is 5.02. The molecule has 3 rings (SSSR count). The quantitative estimate of drug-likeness (QED) is 0.606. The van der Waals surface area contributed by atoms with Gasteiger partial charge in [-0.3, -0.25) is 14.1 Å². The largest absolute Gasteiger partial charge is 0.495 e. The van der Waals surface area contributed by atoms with E-state index >= 15 is 0 Å². The van der Waals surface area contributed by atoms with Crippen LogP contribution in [0.1, 0.15) is 34.6 Å². The SMILES string of the molecule is COc1ccccc1N(C)S(=O)(=O)c1ccc(C)c(C(=O)N[C@@H](C)c2ccccn2)c1. The predicted octanol–water partition coefficient (Wildman–Crippen LogP) is 3.71. The van der Waals surface area contributed by atoms with E-state index < -0.39 is 10.0 Å². The Morgan fingerprint density at radius 1 is 1.10 bits per heavy atom. The van der Waals surface area contributed by atoms with Crippen LogP contribution in [0.4, 0.5) is 5.69 Å². The molecular formula is C23H25N3O4S. The minimum absolute atomic E-state index is 0.0159. The van der Waals surface area contributed by atoms with Crippen LogP contribution >= 0.6 is 0 Å². The Morgan fingerprint density at radius 2 is 1.81 bits per heavy atom. The molecule has 0 unspecified atom stereocenters. The first kappa shape index (κ1) is 22.3. The van der Waals surface area contributed by atoms with Gasteiger partial charge in [0.2, 0.25) is 0 Å². The van der Waals surface area contributed by atoms with Crippen LogP contribution in [0.25, 0.3) is 0 Å². The molecule has 7 nitrogen and oxygen atoms in total. The summed E-state index contributed by atoms with van der Waals surface area (Å²) >= 11 is 0. The van der Waals surface area contributed by atoms with Crippen molar-refractivity contribution in [2.24, 2.45) is 0 Å². The second-order valence-corrected chi connectivity index (χ2v) is 9.04. The highest BCUT2D eigenvalue weighted by Gasteiger charge is 2.25. The van der Waals surface area contributed by atoms with Gasteiger partial charge < -0.3 is 10.1 Å². The van der Waals surface area contributed by atoms with E-state index in [-0.39, 0.29) is 22.4 Å². The number of sulfonamides is 1. The van der Waals surface area contributed by atoms with Gasteiger partial charge in [0.15, 0.2) is 0 Å². The highest BCUT2D eigenvalue weighted by molar-refractivity contribution is 7.92. The zero-order valence-electron chi connectivity index (χ0n) is 17.9. The molecule has 1 heterocycles. The smallest absolute Gasteiger partial charge is 0.264 e. The Bertz CT molecular complexity index is 1180. The van der Waals surface area contributed by atoms with Crippen LogP contribution in [0.2, 0.25) is 0 Å². The summed E-state index contributed by atoms with van der Waals surface area (Å²) in [5.74, 6) is 0.0653. The molecule has 1 aromatic heterocycles. The maximum absolute atomic E-state index is 13.3. The van der Waals surface area contributed by atoms with Crippen molar-refractivity contribution in [3.8, 4) is 5.75 Å². The van der Waals surface area contributed by atoms with Crippen molar-refractivity contribution < 1.29 is 17.9 Å². The first-order valence-corrected chi connectivity index (χ1v) is 11.1. The summed E-state index contributed by atoms with van der Waals surface area (Å²) in [5.41, 5.74) is 2.08. The maximum atomic E-state index is 13.3. The number of amides is 1. The molecule has 0 aliphatic rings. The van der Waals surface area contributed by atoms with E-state index in [2.05, 4.69) is 10.3 Å². The molecule has 0 bridgehead atoms. The molecule has 31 heavy (non-hydrogen) atoms. The van der Waals surface area contributed by atoms with Gasteiger partial charge in [-0.2, -0.15) is 0 Å². The Morgan fingerprint density at radius 3 is 2.48 bits per heavy atom. The fourth-order valence-corrected chi connectivity index (χ4v) is 4.40. The molecule has 0 aliphatic heterocycles. The van der Waals surface area contributed by atoms with E-state index in [9.17, 15) is 13.2 Å². The average molecular weight is 440 g/mol. The molecule has 2 aromatic carbocycles. The number of pyridine rings is 1. The summed E-state index contributed by atoms with van der Waals surface area (Å²) in [6.45, 7) is 3.59. The minimum atomic E-state index is -3.92. The zero-order valence-corrected chi connectivity index (χ0v) is 18.7. The monoisotopic (exact) mass is 439 g/mol. The molecule has 0 spiro atoms. The van der Waals surface area contributed by atoms with Crippen molar-refractivity contribution in [3.63, 3.8) is 0 Å². The van der Waals surface area contributed by atoms with Crippen molar-refractivity contribution in [2.45, 2.75) is 24.8 Å². The lowest BCUT2D eigenvalue weighted by Crippen LogP contribution is -2.29. The maximum Gasteiger partial charge on any atom is 0.264 e. The van der Waals surface area contributed by atoms with Crippen LogP contribution in [0.5, 0.6) is 5.75 Å². The minimum Gasteiger partial charge on any atom is -0.495 e. The Kier molecular flexibility index (Phi) is 6.60. The summed E-state index contributed by atoms with van der Waals surface area (Å²) in [4.78, 5) is 17.2. The molecule has 3 aromatic rings. The van der Waals surface area contributed by atoms with Gasteiger partial charge in [0.05, 0.1) is 29.4 Å². The summed E-state index contributed by atoms with van der Waals surface area (Å²) in [5, 5.41) is 2.88. The molecule has 0 aliphatic carbocycles. The molecule has 0 saturated carbocycles. The molecule has 1 amide bonds. The number of carbonyl (C=O) groups excluding carboxylic acids is 1. The molecule has 0 fully saturated rings. The summed E-state index contributed by atoms with van der Waals surface area (Å²) in [6.07, 6.45) is 1.66. The number of hydrogen-bond donors (Lipinski definition) is 1. The third-order valence-corrected chi connectivity index (χ3v) is 6.78. The standard InChI is InChI=1S/C23H25N3O4S/c1-16-12-13-18(31(28,29)26(3)21-10-5-6-11-22(21)30-4)15-19(16)23(27)25-17(2)20-9-7-8-14-24-20/h5-15,17H,1-4H3,(H,25,27)/t17-/m0/s1. The summed E-state index contributed by atoms with van der Waals surface area (Å²) in [6, 6.07) is 16.5. The lowest BCUT2D eigenvalue weighted by atomic mass is 10.1. The van der Waals surface area contributed by atoms with E-state index in [0.717, 1.165) is 4.31 Å². The summed E-state index contributed by atoms with van der Waals surface area (Å²) in [7, 11) is -0.980. The van der Waals surface area contributed by atoms with E-state index in [1.54, 1.807) is 49.5 Å². The lowest BCUT2D eigenvalue weighted by Gasteiger charge is -2.22. The molecule has 1 atom stereocenters. The van der Waals surface area contributed by atoms with Gasteiger partial charge in [-0.05, 0) is 55.8 Å². The number of methoxy groups -OCH3 is 1. The number of aromatic nitrogens is 1. The number of para-hydroxylation sites is 2. The van der Waals surface area contributed by atoms with E-state index in [1.807, 2.05) is 19.1 Å². The topological polar surface area (TPSA) is 88.6 Å². The van der Waals surface area contributed by atoms with Crippen LogP contribution in [-0.2, 0) is 10.0 Å². The number of carbonyl (C=O) groups is 1. The zero-order chi connectivity index (χ0) is 22.6. The Labute approximate surface area is 182 Å². The molecule has 162 valence electrons. The third kappa shape index (κ3) is 4.69. The number of ether oxygens (including phenoxy) is 1. The van der Waals surface area contributed by atoms with Crippen LogP contribution in [0, 0.1) is 6.92 Å². The van der Waals surface area contributed by atoms with Crippen LogP contribution in [0.15, 0.2) is 71.8 Å². The second-order valence-electron chi connectivity index (χ2n) is 7.07. The van der Waals surface area contributed by atoms with Gasteiger partial charge in [0.1, 0.15) is 5.75 Å². The normalized spacial score (nSPS) is 12.1.